The maximum Gasteiger partial charge on any atom is 0.358 e. The summed E-state index contributed by atoms with van der Waals surface area (Å²) in [7, 11) is -11.0. The molecule has 0 aliphatic carbocycles. The fourth-order valence-electron chi connectivity index (χ4n) is 0.856. The van der Waals surface area contributed by atoms with Crippen molar-refractivity contribution in [1.82, 2.24) is 0 Å². The van der Waals surface area contributed by atoms with Crippen LogP contribution in [0.5, 0.6) is 0 Å². The maximum atomic E-state index is 10.9. The molecule has 0 amide bonds. The normalized spacial score (nSPS) is 16.1. The number of hydrogen-bond acceptors (Lipinski definition) is 4. The van der Waals surface area contributed by atoms with Crippen molar-refractivity contribution in [3.8, 4) is 0 Å². The lowest BCUT2D eigenvalue weighted by Gasteiger charge is -2.33. The summed E-state index contributed by atoms with van der Waals surface area (Å²) in [6, 6.07) is 0. The molecule has 0 heterocycles. The molecule has 0 aliphatic heterocycles. The van der Waals surface area contributed by atoms with Crippen molar-refractivity contribution in [2.24, 2.45) is 11.7 Å². The Hall–Kier alpha value is -0.270. The summed E-state index contributed by atoms with van der Waals surface area (Å²) in [5, 5.41) is 5.07. The summed E-state index contributed by atoms with van der Waals surface area (Å²) < 4.78 is 21.7. The van der Waals surface area contributed by atoms with Gasteiger partial charge in [0.25, 0.3) is 0 Å². The van der Waals surface area contributed by atoms with Crippen LogP contribution in [0.4, 0.5) is 0 Å². The van der Waals surface area contributed by atoms with E-state index in [0.29, 0.717) is 6.92 Å². The lowest BCUT2D eigenvalue weighted by molar-refractivity contribution is -0.141. The van der Waals surface area contributed by atoms with Crippen LogP contribution >= 0.6 is 15.2 Å². The molecule has 0 aromatic carbocycles. The molecule has 11 heteroatoms. The van der Waals surface area contributed by atoms with Gasteiger partial charge in [-0.2, -0.15) is 0 Å². The number of carboxylic acid groups (broad SMARTS) is 1. The van der Waals surface area contributed by atoms with E-state index in [4.69, 9.17) is 30.4 Å². The van der Waals surface area contributed by atoms with Crippen molar-refractivity contribution in [2.75, 3.05) is 0 Å². The van der Waals surface area contributed by atoms with Crippen LogP contribution in [0, 0.1) is 5.92 Å². The van der Waals surface area contributed by atoms with Gasteiger partial charge >= 0.3 is 21.2 Å². The molecule has 0 rings (SSSR count). The summed E-state index contributed by atoms with van der Waals surface area (Å²) in [6.45, 7) is 0.709. The first-order valence-corrected chi connectivity index (χ1v) is 6.71. The Bertz CT molecular complexity index is 332. The fraction of sp³-hybridized carbons (Fsp3) is 0.750. The van der Waals surface area contributed by atoms with E-state index >= 15 is 0 Å². The standard InChI is InChI=1S/C4H11NO8P2/c1-2(3(6)7)4(5,14(8,9)10)15(11,12)13/h2H,5H2,1H3,(H,6,7)(H2,8,9,10)(H2,11,12,13). The average molecular weight is 263 g/mol. The van der Waals surface area contributed by atoms with Gasteiger partial charge in [-0.1, -0.05) is 0 Å². The lowest BCUT2D eigenvalue weighted by Crippen LogP contribution is -2.48. The van der Waals surface area contributed by atoms with E-state index in [1.807, 2.05) is 0 Å². The van der Waals surface area contributed by atoms with Crippen LogP contribution in [0.2, 0.25) is 0 Å². The number of hydrogen-bond donors (Lipinski definition) is 6. The van der Waals surface area contributed by atoms with Gasteiger partial charge in [0.2, 0.25) is 5.02 Å². The van der Waals surface area contributed by atoms with Crippen molar-refractivity contribution >= 4 is 21.2 Å². The van der Waals surface area contributed by atoms with Crippen LogP contribution in [-0.4, -0.2) is 35.7 Å². The van der Waals surface area contributed by atoms with Crippen LogP contribution in [0.1, 0.15) is 6.92 Å². The zero-order valence-corrected chi connectivity index (χ0v) is 9.30. The van der Waals surface area contributed by atoms with Crippen molar-refractivity contribution in [1.29, 1.82) is 0 Å². The van der Waals surface area contributed by atoms with Crippen molar-refractivity contribution in [2.45, 2.75) is 11.9 Å². The first kappa shape index (κ1) is 14.7. The summed E-state index contributed by atoms with van der Waals surface area (Å²) in [6.07, 6.45) is 0. The molecule has 0 aromatic rings. The highest BCUT2D eigenvalue weighted by atomic mass is 31.2. The molecule has 0 spiro atoms. The SMILES string of the molecule is CC(C(=O)O)C(N)(P(=O)(O)O)P(=O)(O)O. The molecule has 1 atom stereocenters. The van der Waals surface area contributed by atoms with Gasteiger partial charge in [0, 0.05) is 0 Å². The molecule has 90 valence electrons. The highest BCUT2D eigenvalue weighted by Gasteiger charge is 2.63. The smallest absolute Gasteiger partial charge is 0.358 e. The minimum Gasteiger partial charge on any atom is -0.481 e. The molecular formula is C4H11NO8P2. The van der Waals surface area contributed by atoms with Crippen molar-refractivity contribution < 1.29 is 38.6 Å². The van der Waals surface area contributed by atoms with Gasteiger partial charge in [0.05, 0.1) is 5.92 Å². The number of carboxylic acids is 1. The van der Waals surface area contributed by atoms with E-state index < -0.39 is 32.1 Å². The van der Waals surface area contributed by atoms with Crippen molar-refractivity contribution in [3.05, 3.63) is 0 Å². The van der Waals surface area contributed by atoms with Crippen LogP contribution in [0.3, 0.4) is 0 Å². The molecule has 1 unspecified atom stereocenters. The van der Waals surface area contributed by atoms with Gasteiger partial charge < -0.3 is 30.4 Å². The van der Waals surface area contributed by atoms with Crippen molar-refractivity contribution in [3.63, 3.8) is 0 Å². The topological polar surface area (TPSA) is 178 Å². The van der Waals surface area contributed by atoms with Crippen LogP contribution in [0.15, 0.2) is 0 Å². The predicted molar refractivity (Wildman–Crippen MR) is 47.8 cm³/mol. The second-order valence-corrected chi connectivity index (χ2v) is 6.94. The molecule has 15 heavy (non-hydrogen) atoms. The molecule has 0 aliphatic rings. The van der Waals surface area contributed by atoms with Crippen LogP contribution in [-0.2, 0) is 13.9 Å². The Morgan fingerprint density at radius 3 is 1.53 bits per heavy atom. The molecule has 0 bridgehead atoms. The number of carbonyl (C=O) groups is 1. The quantitative estimate of drug-likeness (QED) is 0.335. The minimum absolute atomic E-state index is 0.709. The molecule has 0 fully saturated rings. The van der Waals surface area contributed by atoms with E-state index in [1.54, 1.807) is 0 Å². The molecule has 9 nitrogen and oxygen atoms in total. The van der Waals surface area contributed by atoms with Gasteiger partial charge in [0.1, 0.15) is 0 Å². The van der Waals surface area contributed by atoms with Gasteiger partial charge in [0.15, 0.2) is 0 Å². The Labute approximate surface area is 84.2 Å². The third-order valence-corrected chi connectivity index (χ3v) is 6.15. The fourth-order valence-corrected chi connectivity index (χ4v) is 3.44. The molecule has 0 radical (unpaired) electrons. The second kappa shape index (κ2) is 3.95. The summed E-state index contributed by atoms with van der Waals surface area (Å²) in [4.78, 5) is 45.4. The maximum absolute atomic E-state index is 10.9. The Balaban J connectivity index is 5.76. The first-order valence-electron chi connectivity index (χ1n) is 3.48. The van der Waals surface area contributed by atoms with E-state index in [1.165, 1.54) is 0 Å². The van der Waals surface area contributed by atoms with Gasteiger partial charge in [-0.3, -0.25) is 13.9 Å². The highest BCUT2D eigenvalue weighted by Crippen LogP contribution is 2.68. The molecule has 7 N–H and O–H groups in total. The first-order chi connectivity index (χ1) is 6.35. The Morgan fingerprint density at radius 2 is 1.47 bits per heavy atom. The zero-order valence-electron chi connectivity index (χ0n) is 7.51. The largest absolute Gasteiger partial charge is 0.481 e. The minimum atomic E-state index is -5.49. The zero-order chi connectivity index (χ0) is 12.7. The van der Waals surface area contributed by atoms with Crippen LogP contribution < -0.4 is 5.73 Å². The lowest BCUT2D eigenvalue weighted by atomic mass is 10.2. The second-order valence-electron chi connectivity index (χ2n) is 2.93. The number of aliphatic carboxylic acids is 1. The van der Waals surface area contributed by atoms with E-state index in [-0.39, 0.29) is 0 Å². The van der Waals surface area contributed by atoms with E-state index in [2.05, 4.69) is 0 Å². The van der Waals surface area contributed by atoms with E-state index in [9.17, 15) is 13.9 Å². The average Bonchev–Trinajstić information content (AvgIpc) is 1.96. The highest BCUT2D eigenvalue weighted by molar-refractivity contribution is 7.72. The van der Waals surface area contributed by atoms with E-state index in [0.717, 1.165) is 0 Å². The molecular weight excluding hydrogens is 252 g/mol. The Morgan fingerprint density at radius 1 is 1.20 bits per heavy atom. The molecule has 0 saturated carbocycles. The summed E-state index contributed by atoms with van der Waals surface area (Å²) in [5.74, 6) is -3.91. The molecule has 0 aromatic heterocycles. The Kier molecular flexibility index (Phi) is 3.88. The van der Waals surface area contributed by atoms with Crippen LogP contribution in [0.25, 0.3) is 0 Å². The molecule has 0 saturated heterocycles. The number of nitrogens with two attached hydrogens (primary N) is 1. The third-order valence-electron chi connectivity index (χ3n) is 1.94. The van der Waals surface area contributed by atoms with Gasteiger partial charge in [-0.05, 0) is 6.92 Å². The summed E-state index contributed by atoms with van der Waals surface area (Å²) in [5.41, 5.74) is 4.89. The third kappa shape index (κ3) is 2.46. The summed E-state index contributed by atoms with van der Waals surface area (Å²) >= 11 is 0. The number of rotatable bonds is 4. The van der Waals surface area contributed by atoms with Gasteiger partial charge in [-0.15, -0.1) is 0 Å². The predicted octanol–water partition coefficient (Wildman–Crippen LogP) is -1.32. The van der Waals surface area contributed by atoms with Gasteiger partial charge in [-0.25, -0.2) is 0 Å². The monoisotopic (exact) mass is 263 g/mol.